The maximum atomic E-state index is 14.0. The first-order valence-electron chi connectivity index (χ1n) is 49.4. The van der Waals surface area contributed by atoms with E-state index in [2.05, 4.69) is 166 Å². The van der Waals surface area contributed by atoms with E-state index in [0.29, 0.717) is 98.4 Å². The lowest BCUT2D eigenvalue weighted by atomic mass is 10.00. The van der Waals surface area contributed by atoms with Crippen molar-refractivity contribution in [2.75, 3.05) is 0 Å². The molecule has 0 unspecified atom stereocenters. The molecule has 0 atom stereocenters. The fraction of sp³-hybridized carbons (Fsp3) is 0.316. The number of halogens is 9. The van der Waals surface area contributed by atoms with E-state index in [1.165, 1.54) is 66.7 Å². The Bertz CT molecular complexity index is 6930. The van der Waals surface area contributed by atoms with E-state index < -0.39 is 34.9 Å². The molecule has 0 N–H and O–H groups in total. The van der Waals surface area contributed by atoms with Crippen LogP contribution in [0.3, 0.4) is 0 Å². The summed E-state index contributed by atoms with van der Waals surface area (Å²) in [5.41, 5.74) is 9.82. The fourth-order valence-corrected chi connectivity index (χ4v) is 15.0. The van der Waals surface area contributed by atoms with Gasteiger partial charge in [0.1, 0.15) is 52.4 Å². The molecule has 0 saturated carbocycles. The Labute approximate surface area is 876 Å². The summed E-state index contributed by atoms with van der Waals surface area (Å²) in [6, 6.07) is 45.3. The van der Waals surface area contributed by atoms with Crippen LogP contribution in [0, 0.1) is 52.4 Å². The average molecular weight is 2070 g/mol. The van der Waals surface area contributed by atoms with Crippen LogP contribution < -0.4 is 0 Å². The molecule has 11 heterocycles. The number of pyridine rings is 1. The second kappa shape index (κ2) is 59.0. The zero-order chi connectivity index (χ0) is 108. The predicted octanol–water partition coefficient (Wildman–Crippen LogP) is 31.8. The number of rotatable bonds is 24. The second-order valence-corrected chi connectivity index (χ2v) is 38.1. The van der Waals surface area contributed by atoms with Crippen LogP contribution in [-0.2, 0) is 19.3 Å². The fourth-order valence-electron chi connectivity index (χ4n) is 14.1. The van der Waals surface area contributed by atoms with Crippen molar-refractivity contribution in [2.45, 2.75) is 245 Å². The third-order valence-electron chi connectivity index (χ3n) is 22.4. The van der Waals surface area contributed by atoms with Crippen LogP contribution in [0.1, 0.15) is 293 Å². The van der Waals surface area contributed by atoms with Crippen molar-refractivity contribution in [2.24, 2.45) is 0 Å². The quantitative estimate of drug-likeness (QED) is 0.0508. The largest absolute Gasteiger partial charge is 0.421 e. The average Bonchev–Trinajstić information content (AvgIpc) is 1.21. The van der Waals surface area contributed by atoms with Crippen LogP contribution in [-0.4, -0.2) is 100 Å². The van der Waals surface area contributed by atoms with Crippen molar-refractivity contribution < 1.29 is 52.8 Å². The molecule has 0 aliphatic rings. The minimum atomic E-state index is -0.545. The van der Waals surface area contributed by atoms with Crippen molar-refractivity contribution in [3.63, 3.8) is 0 Å². The SMILES string of the molecule is C.CC(C)c1cc(F)c(-c2ncccn2)cc1F.CC(C)c1cc(F)c(-c2ncccn2)cc1F.CC(C)c1ccc(-c2ncccn2)cc1.CC(C)c1ccc(-c2ncccn2)cc1F.CC(C)c1ccc(-c2ncccn2)cn1.CC(C)c1ncc(-c2ncccn2)s1.CCCc1nnc(-c2cc(F)c(C(C)C)cc2F)o1.CCCc1nnc(-c2ccc(C(C)C)c(F)c2)o1.CCCc1nnc(-c2ccc(C(C)C)cc2F)o1. The van der Waals surface area contributed by atoms with Gasteiger partial charge in [0.05, 0.1) is 32.1 Å². The molecule has 23 nitrogen and oxygen atoms in total. The molecule has 0 aliphatic carbocycles. The molecule has 0 fully saturated rings. The van der Waals surface area contributed by atoms with Crippen molar-refractivity contribution in [3.05, 3.63) is 370 Å². The molecule has 0 aliphatic heterocycles. The third-order valence-corrected chi connectivity index (χ3v) is 23.7. The van der Waals surface area contributed by atoms with Gasteiger partial charge in [0, 0.05) is 140 Å². The van der Waals surface area contributed by atoms with E-state index in [4.69, 9.17) is 13.3 Å². The summed E-state index contributed by atoms with van der Waals surface area (Å²) in [5.74, 6) is 3.81. The van der Waals surface area contributed by atoms with Gasteiger partial charge in [-0.2, -0.15) is 0 Å². The van der Waals surface area contributed by atoms with E-state index in [0.717, 1.165) is 106 Å². The number of nitrogens with zero attached hydrogens (tertiary/aromatic N) is 20. The van der Waals surface area contributed by atoms with Gasteiger partial charge in [-0.1, -0.05) is 201 Å². The first-order valence-corrected chi connectivity index (χ1v) is 50.2. The highest BCUT2D eigenvalue weighted by Gasteiger charge is 2.23. The van der Waals surface area contributed by atoms with Gasteiger partial charge >= 0.3 is 0 Å². The standard InChI is InChI=1S/C14H16F2N2O.2C14H17FN2O.2C13H12F2N2.C13H13FN2.C13H14N2.C12H13N3.C10H11N3S.CH4/c1-4-5-13-17-18-14(19-13)10-7-11(15)9(8(2)3)6-12(10)16;1-4-5-13-16-17-14(18-13)10-6-7-11(9(2)3)12(15)8-10;1-4-5-13-16-17-14(18-13)11-7-6-10(9(2)3)8-12(11)15;2*1-8(2)9-6-12(15)10(7-11(9)14)13-16-4-3-5-17-13;1-9(2)11-5-4-10(8-12(11)14)13-15-6-3-7-16-13;1-10(2)11-4-6-12(7-5-11)13-14-8-3-9-15-13;1-9(2)11-5-4-10(8-15-11)12-13-6-3-7-14-12;1-7(2)10-13-6-8(14-10)9-11-4-3-5-12-9;/h6-8H,4-5H2,1-3H3;2*6-9H,4-5H2,1-3H3;2*3-8H,1-2H3;3-9H,1-2H3;3-10H,1-2H3;3-9H,1-2H3;3-7H,1-2H3;1H4. The number of hydrogen-bond donors (Lipinski definition) is 0. The molecular weight excluding hydrogens is 1940 g/mol. The first-order chi connectivity index (χ1) is 71.4. The summed E-state index contributed by atoms with van der Waals surface area (Å²) < 4.78 is 141. The lowest BCUT2D eigenvalue weighted by Crippen LogP contribution is -1.98. The number of aromatic nitrogens is 20. The molecule has 7 aromatic carbocycles. The van der Waals surface area contributed by atoms with Crippen molar-refractivity contribution in [3.8, 4) is 102 Å². The van der Waals surface area contributed by atoms with E-state index in [1.807, 2.05) is 159 Å². The van der Waals surface area contributed by atoms with Gasteiger partial charge in [-0.05, 0) is 221 Å². The highest BCUT2D eigenvalue weighted by atomic mass is 32.1. The van der Waals surface area contributed by atoms with Gasteiger partial charge in [0.15, 0.2) is 34.9 Å². The Morgan fingerprint density at radius 3 is 0.920 bits per heavy atom. The number of aryl methyl sites for hydroxylation is 3. The molecule has 18 aromatic rings. The summed E-state index contributed by atoms with van der Waals surface area (Å²) in [6.45, 7) is 41.7. The number of thiazole rings is 1. The maximum absolute atomic E-state index is 14.0. The van der Waals surface area contributed by atoms with Crippen LogP contribution >= 0.6 is 11.3 Å². The maximum Gasteiger partial charge on any atom is 0.250 e. The van der Waals surface area contributed by atoms with Gasteiger partial charge in [0.25, 0.3) is 11.8 Å². The molecule has 0 amide bonds. The predicted molar refractivity (Wildman–Crippen MR) is 573 cm³/mol. The van der Waals surface area contributed by atoms with Gasteiger partial charge in [-0.25, -0.2) is 104 Å². The monoisotopic (exact) mass is 2070 g/mol. The van der Waals surface area contributed by atoms with Crippen LogP contribution in [0.4, 0.5) is 39.5 Å². The van der Waals surface area contributed by atoms with Gasteiger partial charge in [0.2, 0.25) is 23.6 Å². The van der Waals surface area contributed by atoms with Crippen molar-refractivity contribution in [1.29, 1.82) is 0 Å². The van der Waals surface area contributed by atoms with Crippen LogP contribution in [0.15, 0.2) is 264 Å². The Balaban J connectivity index is 0.000000187. The molecule has 11 aromatic heterocycles. The summed E-state index contributed by atoms with van der Waals surface area (Å²) >= 11 is 1.66. The normalized spacial score (nSPS) is 10.8. The minimum Gasteiger partial charge on any atom is -0.421 e. The molecule has 150 heavy (non-hydrogen) atoms. The first kappa shape index (κ1) is 118. The van der Waals surface area contributed by atoms with Crippen molar-refractivity contribution >= 4 is 11.3 Å². The topological polar surface area (TPSA) is 297 Å². The molecule has 0 saturated heterocycles. The molecule has 0 radical (unpaired) electrons. The zero-order valence-corrected chi connectivity index (χ0v) is 88.4. The number of benzene rings is 7. The molecular formula is C117H129F9N20O3S. The Morgan fingerprint density at radius 1 is 0.240 bits per heavy atom. The molecule has 33 heteroatoms. The molecule has 784 valence electrons. The van der Waals surface area contributed by atoms with E-state index in [-0.39, 0.29) is 94.6 Å². The van der Waals surface area contributed by atoms with E-state index >= 15 is 0 Å². The summed E-state index contributed by atoms with van der Waals surface area (Å²) in [4.78, 5) is 58.7. The Kier molecular flexibility index (Phi) is 46.4. The highest BCUT2D eigenvalue weighted by Crippen LogP contribution is 2.35. The smallest absolute Gasteiger partial charge is 0.250 e. The second-order valence-electron chi connectivity index (χ2n) is 37.0. The lowest BCUT2D eigenvalue weighted by Gasteiger charge is -2.09. The summed E-state index contributed by atoms with van der Waals surface area (Å²) in [5, 5.41) is 24.3. The highest BCUT2D eigenvalue weighted by molar-refractivity contribution is 7.15. The minimum absolute atomic E-state index is 0. The molecule has 0 spiro atoms. The van der Waals surface area contributed by atoms with Gasteiger partial charge < -0.3 is 13.3 Å². The summed E-state index contributed by atoms with van der Waals surface area (Å²) in [6.07, 6.45) is 28.3. The third kappa shape index (κ3) is 34.9. The van der Waals surface area contributed by atoms with Crippen LogP contribution in [0.2, 0.25) is 0 Å². The summed E-state index contributed by atoms with van der Waals surface area (Å²) in [7, 11) is 0. The number of hydrogen-bond acceptors (Lipinski definition) is 24. The Hall–Kier alpha value is -15.4. The molecule has 18 rings (SSSR count). The van der Waals surface area contributed by atoms with E-state index in [9.17, 15) is 39.5 Å². The van der Waals surface area contributed by atoms with Gasteiger partial charge in [-0.15, -0.1) is 41.9 Å². The molecule has 0 bridgehead atoms. The van der Waals surface area contributed by atoms with Crippen molar-refractivity contribution in [1.82, 2.24) is 100 Å². The zero-order valence-electron chi connectivity index (χ0n) is 87.6. The Morgan fingerprint density at radius 2 is 0.560 bits per heavy atom. The van der Waals surface area contributed by atoms with Crippen LogP contribution in [0.25, 0.3) is 102 Å². The van der Waals surface area contributed by atoms with Gasteiger partial charge in [-0.3, -0.25) is 4.98 Å². The van der Waals surface area contributed by atoms with Crippen LogP contribution in [0.5, 0.6) is 0 Å². The van der Waals surface area contributed by atoms with E-state index in [1.54, 1.807) is 103 Å². The lowest BCUT2D eigenvalue weighted by molar-refractivity contribution is 0.496.